The van der Waals surface area contributed by atoms with Crippen LogP contribution in [0.25, 0.3) is 5.82 Å². The van der Waals surface area contributed by atoms with E-state index in [-0.39, 0.29) is 23.1 Å². The summed E-state index contributed by atoms with van der Waals surface area (Å²) in [7, 11) is 0. The zero-order valence-electron chi connectivity index (χ0n) is 12.3. The van der Waals surface area contributed by atoms with E-state index in [0.29, 0.717) is 0 Å². The van der Waals surface area contributed by atoms with Crippen molar-refractivity contribution in [2.45, 2.75) is 34.1 Å². The molecule has 0 spiro atoms. The molecule has 0 saturated heterocycles. The molecule has 9 nitrogen and oxygen atoms in total. The molecule has 2 heterocycles. The van der Waals surface area contributed by atoms with E-state index < -0.39 is 4.92 Å². The van der Waals surface area contributed by atoms with Gasteiger partial charge in [-0.1, -0.05) is 6.92 Å². The molecule has 0 aliphatic heterocycles. The number of hydrogen-bond acceptors (Lipinski definition) is 7. The Labute approximate surface area is 121 Å². The van der Waals surface area contributed by atoms with Crippen molar-refractivity contribution >= 4 is 11.6 Å². The van der Waals surface area contributed by atoms with Crippen molar-refractivity contribution in [2.24, 2.45) is 5.84 Å². The predicted octanol–water partition coefficient (Wildman–Crippen LogP) is 1.34. The number of nitrogens with zero attached hydrogens (tertiary/aromatic N) is 5. The van der Waals surface area contributed by atoms with Gasteiger partial charge < -0.3 is 0 Å². The second kappa shape index (κ2) is 5.44. The van der Waals surface area contributed by atoms with Crippen LogP contribution in [0.15, 0.2) is 0 Å². The highest BCUT2D eigenvalue weighted by Crippen LogP contribution is 2.27. The number of anilines is 1. The first-order valence-electron chi connectivity index (χ1n) is 6.45. The molecule has 3 N–H and O–H groups in total. The van der Waals surface area contributed by atoms with Crippen LogP contribution in [0.3, 0.4) is 0 Å². The summed E-state index contributed by atoms with van der Waals surface area (Å²) in [5.74, 6) is 5.54. The van der Waals surface area contributed by atoms with Gasteiger partial charge in [-0.3, -0.25) is 15.5 Å². The van der Waals surface area contributed by atoms with Crippen molar-refractivity contribution in [3.8, 4) is 5.82 Å². The quantitative estimate of drug-likeness (QED) is 0.494. The van der Waals surface area contributed by atoms with Gasteiger partial charge in [-0.2, -0.15) is 10.1 Å². The maximum atomic E-state index is 11.3. The van der Waals surface area contributed by atoms with Crippen LogP contribution in [0.5, 0.6) is 0 Å². The first-order chi connectivity index (χ1) is 9.90. The maximum Gasteiger partial charge on any atom is 0.334 e. The fourth-order valence-electron chi connectivity index (χ4n) is 2.37. The number of nitro groups is 1. The largest absolute Gasteiger partial charge is 0.334 e. The molecule has 0 amide bonds. The van der Waals surface area contributed by atoms with E-state index in [0.717, 1.165) is 23.4 Å². The zero-order valence-corrected chi connectivity index (χ0v) is 12.3. The average Bonchev–Trinajstić information content (AvgIpc) is 2.71. The van der Waals surface area contributed by atoms with E-state index in [2.05, 4.69) is 20.5 Å². The molecule has 0 aliphatic carbocycles. The van der Waals surface area contributed by atoms with Crippen LogP contribution in [0.2, 0.25) is 0 Å². The van der Waals surface area contributed by atoms with Crippen LogP contribution in [-0.4, -0.2) is 24.7 Å². The molecule has 0 aromatic carbocycles. The van der Waals surface area contributed by atoms with Crippen molar-refractivity contribution in [1.29, 1.82) is 0 Å². The highest BCUT2D eigenvalue weighted by atomic mass is 16.6. The molecule has 0 radical (unpaired) electrons. The molecule has 2 aromatic heterocycles. The highest BCUT2D eigenvalue weighted by Gasteiger charge is 2.26. The van der Waals surface area contributed by atoms with E-state index in [9.17, 15) is 10.1 Å². The Morgan fingerprint density at radius 3 is 2.43 bits per heavy atom. The van der Waals surface area contributed by atoms with Crippen LogP contribution in [-0.2, 0) is 6.42 Å². The Balaban J connectivity index is 2.78. The number of nitrogens with two attached hydrogens (primary N) is 1. The SMILES string of the molecule is CCc1c(C)nn(-c2nc(NN)nc(C)c2[N+](=O)[O-])c1C. The lowest BCUT2D eigenvalue weighted by molar-refractivity contribution is -0.385. The first-order valence-corrected chi connectivity index (χ1v) is 6.45. The third kappa shape index (κ3) is 2.42. The Morgan fingerprint density at radius 2 is 1.95 bits per heavy atom. The Morgan fingerprint density at radius 1 is 1.29 bits per heavy atom. The number of nitrogen functional groups attached to an aromatic ring is 1. The van der Waals surface area contributed by atoms with Crippen molar-refractivity contribution in [2.75, 3.05) is 5.43 Å². The summed E-state index contributed by atoms with van der Waals surface area (Å²) in [4.78, 5) is 18.9. The van der Waals surface area contributed by atoms with Gasteiger partial charge in [0.05, 0.1) is 10.6 Å². The van der Waals surface area contributed by atoms with Crippen LogP contribution in [0, 0.1) is 30.9 Å². The summed E-state index contributed by atoms with van der Waals surface area (Å²) in [6.45, 7) is 7.27. The molecule has 0 unspecified atom stereocenters. The van der Waals surface area contributed by atoms with Crippen molar-refractivity contribution in [1.82, 2.24) is 19.7 Å². The Bertz CT molecular complexity index is 708. The Kier molecular flexibility index (Phi) is 3.85. The summed E-state index contributed by atoms with van der Waals surface area (Å²) >= 11 is 0. The lowest BCUT2D eigenvalue weighted by atomic mass is 10.1. The van der Waals surface area contributed by atoms with Gasteiger partial charge in [-0.05, 0) is 32.8 Å². The van der Waals surface area contributed by atoms with Gasteiger partial charge >= 0.3 is 5.69 Å². The molecule has 0 aliphatic rings. The molecule has 21 heavy (non-hydrogen) atoms. The van der Waals surface area contributed by atoms with E-state index in [4.69, 9.17) is 5.84 Å². The topological polar surface area (TPSA) is 125 Å². The van der Waals surface area contributed by atoms with Crippen LogP contribution in [0.1, 0.15) is 29.6 Å². The van der Waals surface area contributed by atoms with Crippen LogP contribution >= 0.6 is 0 Å². The standard InChI is InChI=1S/C12H17N7O2/c1-5-9-6(2)17-18(8(9)4)11-10(19(20)21)7(3)14-12(15-11)16-13/h5,13H2,1-4H3,(H,14,15,16). The first kappa shape index (κ1) is 14.9. The molecule has 0 fully saturated rings. The molecule has 0 saturated carbocycles. The van der Waals surface area contributed by atoms with Crippen molar-refractivity contribution in [3.63, 3.8) is 0 Å². The second-order valence-electron chi connectivity index (χ2n) is 4.62. The molecule has 9 heteroatoms. The molecule has 2 aromatic rings. The number of aromatic nitrogens is 4. The highest BCUT2D eigenvalue weighted by molar-refractivity contribution is 5.54. The molecule has 0 atom stereocenters. The van der Waals surface area contributed by atoms with Gasteiger partial charge in [0.15, 0.2) is 0 Å². The predicted molar refractivity (Wildman–Crippen MR) is 77.2 cm³/mol. The van der Waals surface area contributed by atoms with Crippen molar-refractivity contribution in [3.05, 3.63) is 32.8 Å². The summed E-state index contributed by atoms with van der Waals surface area (Å²) in [6, 6.07) is 0. The minimum atomic E-state index is -0.507. The average molecular weight is 291 g/mol. The van der Waals surface area contributed by atoms with Gasteiger partial charge in [-0.15, -0.1) is 0 Å². The Hall–Kier alpha value is -2.55. The van der Waals surface area contributed by atoms with E-state index >= 15 is 0 Å². The minimum Gasteiger partial charge on any atom is -0.292 e. The number of hydrazine groups is 1. The number of nitrogens with one attached hydrogen (secondary N) is 1. The van der Waals surface area contributed by atoms with Gasteiger partial charge in [-0.25, -0.2) is 15.5 Å². The monoisotopic (exact) mass is 291 g/mol. The third-order valence-corrected chi connectivity index (χ3v) is 3.35. The normalized spacial score (nSPS) is 10.7. The minimum absolute atomic E-state index is 0.110. The van der Waals surface area contributed by atoms with Crippen LogP contribution in [0.4, 0.5) is 11.6 Å². The molecular weight excluding hydrogens is 274 g/mol. The fourth-order valence-corrected chi connectivity index (χ4v) is 2.37. The van der Waals surface area contributed by atoms with Gasteiger partial charge in [0.25, 0.3) is 0 Å². The van der Waals surface area contributed by atoms with Gasteiger partial charge in [0, 0.05) is 5.69 Å². The van der Waals surface area contributed by atoms with Gasteiger partial charge in [0.2, 0.25) is 11.8 Å². The van der Waals surface area contributed by atoms with E-state index in [1.54, 1.807) is 0 Å². The molecule has 112 valence electrons. The lowest BCUT2D eigenvalue weighted by Gasteiger charge is -2.08. The summed E-state index contributed by atoms with van der Waals surface area (Å²) in [5, 5.41) is 15.7. The van der Waals surface area contributed by atoms with Crippen molar-refractivity contribution < 1.29 is 4.92 Å². The second-order valence-corrected chi connectivity index (χ2v) is 4.62. The maximum absolute atomic E-state index is 11.3. The smallest absolute Gasteiger partial charge is 0.292 e. The summed E-state index contributed by atoms with van der Waals surface area (Å²) in [5.41, 5.74) is 5.05. The van der Waals surface area contributed by atoms with Crippen LogP contribution < -0.4 is 11.3 Å². The molecule has 0 bridgehead atoms. The van der Waals surface area contributed by atoms with E-state index in [1.165, 1.54) is 11.6 Å². The summed E-state index contributed by atoms with van der Waals surface area (Å²) in [6.07, 6.45) is 0.789. The zero-order chi connectivity index (χ0) is 15.7. The van der Waals surface area contributed by atoms with Gasteiger partial charge in [0.1, 0.15) is 5.69 Å². The number of aryl methyl sites for hydroxylation is 2. The number of hydrogen-bond donors (Lipinski definition) is 2. The molecular formula is C12H17N7O2. The third-order valence-electron chi connectivity index (χ3n) is 3.35. The number of rotatable bonds is 4. The van der Waals surface area contributed by atoms with E-state index in [1.807, 2.05) is 20.8 Å². The molecule has 2 rings (SSSR count). The fraction of sp³-hybridized carbons (Fsp3) is 0.417. The lowest BCUT2D eigenvalue weighted by Crippen LogP contribution is -2.16. The summed E-state index contributed by atoms with van der Waals surface area (Å²) < 4.78 is 1.47.